The number of rotatable bonds is 7. The van der Waals surface area contributed by atoms with Gasteiger partial charge in [-0.15, -0.1) is 0 Å². The molecule has 0 spiro atoms. The van der Waals surface area contributed by atoms with Crippen LogP contribution in [0.25, 0.3) is 0 Å². The minimum absolute atomic E-state index is 0.101. The molecule has 0 atom stereocenters. The van der Waals surface area contributed by atoms with E-state index in [4.69, 9.17) is 10.9 Å². The normalized spacial score (nSPS) is 20.7. The van der Waals surface area contributed by atoms with Crippen molar-refractivity contribution in [3.05, 3.63) is 0 Å². The summed E-state index contributed by atoms with van der Waals surface area (Å²) in [6.45, 7) is 1.15. The van der Waals surface area contributed by atoms with Crippen molar-refractivity contribution in [2.45, 2.75) is 30.2 Å². The van der Waals surface area contributed by atoms with E-state index >= 15 is 0 Å². The molecule has 0 radical (unpaired) electrons. The first-order valence-electron chi connectivity index (χ1n) is 6.73. The standard InChI is InChI=1S/C12H22F3N3O2S/c1-21-11(10(16)17-19)3-6-18(7-4-11)5-2-8-20-9-12(13,14)15/h19H,2-9H2,1H3,(H2,16,17). The van der Waals surface area contributed by atoms with Gasteiger partial charge in [-0.25, -0.2) is 0 Å². The van der Waals surface area contributed by atoms with E-state index in [0.717, 1.165) is 25.9 Å². The number of nitrogens with two attached hydrogens (primary N) is 1. The van der Waals surface area contributed by atoms with Crippen LogP contribution in [0.3, 0.4) is 0 Å². The number of piperidine rings is 1. The molecule has 1 aliphatic rings. The molecule has 9 heteroatoms. The smallest absolute Gasteiger partial charge is 0.409 e. The van der Waals surface area contributed by atoms with Crippen LogP contribution in [0.5, 0.6) is 0 Å². The van der Waals surface area contributed by atoms with Gasteiger partial charge in [0.1, 0.15) is 6.61 Å². The van der Waals surface area contributed by atoms with Gasteiger partial charge in [-0.1, -0.05) is 5.16 Å². The summed E-state index contributed by atoms with van der Waals surface area (Å²) >= 11 is 1.57. The maximum absolute atomic E-state index is 11.9. The third kappa shape index (κ3) is 5.91. The van der Waals surface area contributed by atoms with Crippen molar-refractivity contribution in [3.63, 3.8) is 0 Å². The fourth-order valence-corrected chi connectivity index (χ4v) is 3.21. The van der Waals surface area contributed by atoms with Gasteiger partial charge in [0.15, 0.2) is 5.84 Å². The van der Waals surface area contributed by atoms with Crippen LogP contribution < -0.4 is 5.73 Å². The van der Waals surface area contributed by atoms with Gasteiger partial charge in [-0.2, -0.15) is 24.9 Å². The molecule has 0 aromatic rings. The number of hydrogen-bond donors (Lipinski definition) is 2. The molecule has 0 bridgehead atoms. The van der Waals surface area contributed by atoms with Crippen molar-refractivity contribution >= 4 is 17.6 Å². The SMILES string of the molecule is CSC1(C(N)=NO)CCN(CCCOCC(F)(F)F)CC1. The average Bonchev–Trinajstić information content (AvgIpc) is 2.45. The Morgan fingerprint density at radius 3 is 2.52 bits per heavy atom. The molecule has 0 saturated carbocycles. The number of hydrogen-bond acceptors (Lipinski definition) is 5. The van der Waals surface area contributed by atoms with Gasteiger partial charge in [0.25, 0.3) is 0 Å². The highest BCUT2D eigenvalue weighted by Crippen LogP contribution is 2.34. The van der Waals surface area contributed by atoms with Crippen LogP contribution in [0.2, 0.25) is 0 Å². The first kappa shape index (κ1) is 18.4. The quantitative estimate of drug-likeness (QED) is 0.245. The summed E-state index contributed by atoms with van der Waals surface area (Å²) in [4.78, 5) is 2.16. The Kier molecular flexibility index (Phi) is 7.08. The van der Waals surface area contributed by atoms with E-state index in [1.807, 2.05) is 6.26 Å². The highest BCUT2D eigenvalue weighted by molar-refractivity contribution is 8.00. The lowest BCUT2D eigenvalue weighted by atomic mass is 9.94. The summed E-state index contributed by atoms with van der Waals surface area (Å²) in [6, 6.07) is 0. The number of thioether (sulfide) groups is 1. The van der Waals surface area contributed by atoms with Gasteiger partial charge in [0.2, 0.25) is 0 Å². The largest absolute Gasteiger partial charge is 0.411 e. The van der Waals surface area contributed by atoms with Gasteiger partial charge < -0.3 is 20.6 Å². The molecule has 0 aromatic carbocycles. The predicted molar refractivity (Wildman–Crippen MR) is 76.8 cm³/mol. The molecular formula is C12H22F3N3O2S. The summed E-state index contributed by atoms with van der Waals surface area (Å²) in [5.74, 6) is 0.239. The Bertz CT molecular complexity index is 345. The summed E-state index contributed by atoms with van der Waals surface area (Å²) in [5.41, 5.74) is 5.75. The van der Waals surface area contributed by atoms with E-state index in [1.54, 1.807) is 11.8 Å². The molecule has 1 aliphatic heterocycles. The number of likely N-dealkylation sites (tertiary alicyclic amines) is 1. The summed E-state index contributed by atoms with van der Waals surface area (Å²) in [6.07, 6.45) is -0.254. The lowest BCUT2D eigenvalue weighted by Crippen LogP contribution is -2.50. The molecule has 0 aliphatic carbocycles. The lowest BCUT2D eigenvalue weighted by Gasteiger charge is -2.39. The molecule has 0 unspecified atom stereocenters. The van der Waals surface area contributed by atoms with Crippen molar-refractivity contribution < 1.29 is 23.1 Å². The van der Waals surface area contributed by atoms with Gasteiger partial charge in [0.05, 0.1) is 4.75 Å². The van der Waals surface area contributed by atoms with E-state index in [1.165, 1.54) is 0 Å². The highest BCUT2D eigenvalue weighted by Gasteiger charge is 2.38. The van der Waals surface area contributed by atoms with Gasteiger partial charge in [-0.05, 0) is 38.6 Å². The minimum Gasteiger partial charge on any atom is -0.409 e. The maximum atomic E-state index is 11.9. The minimum atomic E-state index is -4.26. The zero-order valence-electron chi connectivity index (χ0n) is 12.0. The third-order valence-corrected chi connectivity index (χ3v) is 5.06. The fourth-order valence-electron chi connectivity index (χ4n) is 2.37. The van der Waals surface area contributed by atoms with Crippen molar-refractivity contribution in [1.29, 1.82) is 0 Å². The van der Waals surface area contributed by atoms with Gasteiger partial charge in [0, 0.05) is 13.2 Å². The molecular weight excluding hydrogens is 307 g/mol. The van der Waals surface area contributed by atoms with Crippen molar-refractivity contribution in [3.8, 4) is 0 Å². The molecule has 1 saturated heterocycles. The van der Waals surface area contributed by atoms with Crippen LogP contribution in [0.1, 0.15) is 19.3 Å². The molecule has 5 nitrogen and oxygen atoms in total. The lowest BCUT2D eigenvalue weighted by molar-refractivity contribution is -0.174. The molecule has 0 amide bonds. The molecule has 3 N–H and O–H groups in total. The fraction of sp³-hybridized carbons (Fsp3) is 0.917. The van der Waals surface area contributed by atoms with Crippen molar-refractivity contribution in [1.82, 2.24) is 4.90 Å². The van der Waals surface area contributed by atoms with E-state index in [9.17, 15) is 13.2 Å². The molecule has 1 fully saturated rings. The van der Waals surface area contributed by atoms with Gasteiger partial charge in [-0.3, -0.25) is 0 Å². The molecule has 21 heavy (non-hydrogen) atoms. The Morgan fingerprint density at radius 1 is 1.43 bits per heavy atom. The second-order valence-electron chi connectivity index (χ2n) is 5.05. The topological polar surface area (TPSA) is 71.1 Å². The zero-order valence-corrected chi connectivity index (χ0v) is 12.8. The Labute approximate surface area is 126 Å². The first-order valence-corrected chi connectivity index (χ1v) is 7.95. The Morgan fingerprint density at radius 2 is 2.05 bits per heavy atom. The molecule has 1 heterocycles. The zero-order chi connectivity index (χ0) is 15.9. The average molecular weight is 329 g/mol. The number of halogens is 3. The summed E-state index contributed by atoms with van der Waals surface area (Å²) in [7, 11) is 0. The number of amidine groups is 1. The Balaban J connectivity index is 2.24. The van der Waals surface area contributed by atoms with Crippen LogP contribution in [0.4, 0.5) is 13.2 Å². The Hall–Kier alpha value is -0.670. The monoisotopic (exact) mass is 329 g/mol. The predicted octanol–water partition coefficient (Wildman–Crippen LogP) is 1.90. The molecule has 124 valence electrons. The second kappa shape index (κ2) is 8.09. The highest BCUT2D eigenvalue weighted by atomic mass is 32.2. The van der Waals surface area contributed by atoms with Crippen LogP contribution in [0, 0.1) is 0 Å². The number of ether oxygens (including phenoxy) is 1. The van der Waals surface area contributed by atoms with Crippen LogP contribution in [0.15, 0.2) is 5.16 Å². The first-order chi connectivity index (χ1) is 9.83. The number of nitrogens with zero attached hydrogens (tertiary/aromatic N) is 2. The summed E-state index contributed by atoms with van der Waals surface area (Å²) in [5, 5.41) is 12.0. The van der Waals surface area contributed by atoms with E-state index in [-0.39, 0.29) is 17.2 Å². The molecule has 1 rings (SSSR count). The van der Waals surface area contributed by atoms with Gasteiger partial charge >= 0.3 is 6.18 Å². The van der Waals surface area contributed by atoms with Crippen molar-refractivity contribution in [2.24, 2.45) is 10.9 Å². The number of oxime groups is 1. The van der Waals surface area contributed by atoms with E-state index in [0.29, 0.717) is 13.0 Å². The third-order valence-electron chi connectivity index (χ3n) is 3.66. The summed E-state index contributed by atoms with van der Waals surface area (Å²) < 4.78 is 39.9. The van der Waals surface area contributed by atoms with Crippen LogP contribution in [-0.4, -0.2) is 66.0 Å². The second-order valence-corrected chi connectivity index (χ2v) is 6.24. The van der Waals surface area contributed by atoms with Crippen LogP contribution in [-0.2, 0) is 4.74 Å². The van der Waals surface area contributed by atoms with E-state index < -0.39 is 12.8 Å². The number of alkyl halides is 3. The van der Waals surface area contributed by atoms with Crippen LogP contribution >= 0.6 is 11.8 Å². The maximum Gasteiger partial charge on any atom is 0.411 e. The van der Waals surface area contributed by atoms with E-state index in [2.05, 4.69) is 14.8 Å². The van der Waals surface area contributed by atoms with Crippen molar-refractivity contribution in [2.75, 3.05) is 39.1 Å². The molecule has 0 aromatic heterocycles.